The third-order valence-corrected chi connectivity index (χ3v) is 7.44. The maximum Gasteiger partial charge on any atom is 0.269 e. The Labute approximate surface area is 202 Å². The van der Waals surface area contributed by atoms with Crippen LogP contribution in [0.25, 0.3) is 0 Å². The van der Waals surface area contributed by atoms with Crippen molar-refractivity contribution in [1.29, 1.82) is 0 Å². The van der Waals surface area contributed by atoms with Gasteiger partial charge in [-0.2, -0.15) is 0 Å². The zero-order chi connectivity index (χ0) is 23.7. The first-order valence-corrected chi connectivity index (χ1v) is 12.6. The highest BCUT2D eigenvalue weighted by Gasteiger charge is 2.35. The Morgan fingerprint density at radius 1 is 1.03 bits per heavy atom. The van der Waals surface area contributed by atoms with E-state index < -0.39 is 0 Å². The van der Waals surface area contributed by atoms with E-state index in [2.05, 4.69) is 25.1 Å². The van der Waals surface area contributed by atoms with E-state index in [1.54, 1.807) is 13.0 Å². The Balaban J connectivity index is 1.38. The normalized spacial score (nSPS) is 18.7. The van der Waals surface area contributed by atoms with Crippen LogP contribution in [0.15, 0.2) is 18.2 Å². The fourth-order valence-electron chi connectivity index (χ4n) is 4.47. The Morgan fingerprint density at radius 3 is 2.41 bits per heavy atom. The number of amides is 3. The third-order valence-electron chi connectivity index (χ3n) is 6.61. The van der Waals surface area contributed by atoms with Crippen LogP contribution in [0.1, 0.15) is 38.6 Å². The molecule has 0 radical (unpaired) electrons. The molecule has 34 heavy (non-hydrogen) atoms. The number of rotatable bonds is 5. The van der Waals surface area contributed by atoms with E-state index in [1.165, 1.54) is 0 Å². The van der Waals surface area contributed by atoms with E-state index in [-0.39, 0.29) is 23.6 Å². The van der Waals surface area contributed by atoms with Gasteiger partial charge in [0.15, 0.2) is 0 Å². The van der Waals surface area contributed by atoms with Crippen LogP contribution in [0, 0.1) is 12.8 Å². The maximum absolute atomic E-state index is 13.1. The lowest BCUT2D eigenvalue weighted by Crippen LogP contribution is -2.49. The predicted octanol–water partition coefficient (Wildman–Crippen LogP) is 1.20. The Morgan fingerprint density at radius 2 is 1.76 bits per heavy atom. The molecule has 0 atom stereocenters. The first-order chi connectivity index (χ1) is 16.5. The average Bonchev–Trinajstić information content (AvgIpc) is 3.63. The van der Waals surface area contributed by atoms with E-state index in [9.17, 15) is 14.4 Å². The van der Waals surface area contributed by atoms with E-state index in [4.69, 9.17) is 0 Å². The number of aromatic nitrogens is 2. The molecular formula is C23H29N7O3S. The number of nitrogens with zero attached hydrogens (tertiary/aromatic N) is 5. The summed E-state index contributed by atoms with van der Waals surface area (Å²) in [5.41, 5.74) is 2.55. The van der Waals surface area contributed by atoms with E-state index in [0.29, 0.717) is 61.1 Å². The van der Waals surface area contributed by atoms with Crippen molar-refractivity contribution in [3.05, 3.63) is 34.3 Å². The summed E-state index contributed by atoms with van der Waals surface area (Å²) in [6.07, 6.45) is 2.01. The van der Waals surface area contributed by atoms with Crippen molar-refractivity contribution in [2.75, 3.05) is 62.6 Å². The monoisotopic (exact) mass is 483 g/mol. The first-order valence-electron chi connectivity index (χ1n) is 11.8. The molecule has 1 aliphatic carbocycles. The van der Waals surface area contributed by atoms with Gasteiger partial charge in [0.2, 0.25) is 5.91 Å². The van der Waals surface area contributed by atoms with Crippen molar-refractivity contribution < 1.29 is 14.4 Å². The van der Waals surface area contributed by atoms with Crippen molar-refractivity contribution in [3.63, 3.8) is 0 Å². The largest absolute Gasteiger partial charge is 0.366 e. The molecule has 180 valence electrons. The van der Waals surface area contributed by atoms with Gasteiger partial charge in [-0.25, -0.2) is 0 Å². The van der Waals surface area contributed by atoms with Crippen LogP contribution in [0.2, 0.25) is 0 Å². The highest BCUT2D eigenvalue weighted by atomic mass is 32.1. The first kappa shape index (κ1) is 22.7. The molecule has 2 N–H and O–H groups in total. The Bertz CT molecular complexity index is 1090. The Kier molecular flexibility index (Phi) is 6.46. The molecule has 11 heteroatoms. The van der Waals surface area contributed by atoms with Crippen LogP contribution in [-0.2, 0) is 4.79 Å². The summed E-state index contributed by atoms with van der Waals surface area (Å²) in [4.78, 5) is 44.9. The van der Waals surface area contributed by atoms with Crippen LogP contribution < -0.4 is 15.5 Å². The minimum absolute atomic E-state index is 0.0426. The number of carbonyl (C=O) groups excluding carboxylic acids is 3. The van der Waals surface area contributed by atoms with Gasteiger partial charge in [0.1, 0.15) is 4.88 Å². The molecule has 1 aromatic carbocycles. The van der Waals surface area contributed by atoms with Crippen molar-refractivity contribution in [2.24, 2.45) is 5.92 Å². The molecule has 10 nitrogen and oxygen atoms in total. The number of nitrogens with one attached hydrogen (secondary N) is 2. The Hall–Kier alpha value is -3.05. The van der Waals surface area contributed by atoms with Gasteiger partial charge in [0.05, 0.1) is 17.1 Å². The lowest BCUT2D eigenvalue weighted by molar-refractivity contribution is -0.132. The summed E-state index contributed by atoms with van der Waals surface area (Å²) < 4.78 is 3.86. The number of piperazine rings is 2. The molecule has 1 saturated carbocycles. The van der Waals surface area contributed by atoms with E-state index in [0.717, 1.165) is 43.2 Å². The quantitative estimate of drug-likeness (QED) is 0.658. The lowest BCUT2D eigenvalue weighted by atomic mass is 10.1. The molecule has 0 unspecified atom stereocenters. The number of hydrogen-bond donors (Lipinski definition) is 2. The number of carbonyl (C=O) groups is 3. The molecule has 3 heterocycles. The van der Waals surface area contributed by atoms with Crippen LogP contribution in [0.3, 0.4) is 0 Å². The molecule has 0 spiro atoms. The summed E-state index contributed by atoms with van der Waals surface area (Å²) in [7, 11) is 0. The second-order valence-corrected chi connectivity index (χ2v) is 9.76. The molecule has 3 aliphatic rings. The molecule has 1 aromatic heterocycles. The maximum atomic E-state index is 13.1. The third kappa shape index (κ3) is 4.76. The van der Waals surface area contributed by atoms with Gasteiger partial charge >= 0.3 is 0 Å². The zero-order valence-corrected chi connectivity index (χ0v) is 20.1. The predicted molar refractivity (Wildman–Crippen MR) is 129 cm³/mol. The molecule has 2 aliphatic heterocycles. The van der Waals surface area contributed by atoms with Gasteiger partial charge < -0.3 is 25.3 Å². The van der Waals surface area contributed by atoms with Gasteiger partial charge in [-0.3, -0.25) is 14.4 Å². The van der Waals surface area contributed by atoms with Gasteiger partial charge in [-0.05, 0) is 49.5 Å². The number of hydrogen-bond acceptors (Lipinski definition) is 8. The number of anilines is 2. The van der Waals surface area contributed by atoms with Crippen molar-refractivity contribution in [2.45, 2.75) is 19.8 Å². The van der Waals surface area contributed by atoms with Gasteiger partial charge in [-0.15, -0.1) is 5.10 Å². The fraction of sp³-hybridized carbons (Fsp3) is 0.522. The summed E-state index contributed by atoms with van der Waals surface area (Å²) in [6, 6.07) is 5.50. The molecule has 0 bridgehead atoms. The smallest absolute Gasteiger partial charge is 0.269 e. The molecule has 5 rings (SSSR count). The van der Waals surface area contributed by atoms with Crippen LogP contribution >= 0.6 is 11.5 Å². The topological polar surface area (TPSA) is 111 Å². The van der Waals surface area contributed by atoms with E-state index >= 15 is 0 Å². The number of aryl methyl sites for hydroxylation is 1. The lowest BCUT2D eigenvalue weighted by Gasteiger charge is -2.37. The summed E-state index contributed by atoms with van der Waals surface area (Å²) in [5, 5.41) is 10.2. The summed E-state index contributed by atoms with van der Waals surface area (Å²) in [5.74, 6) is 0.147. The van der Waals surface area contributed by atoms with Gasteiger partial charge in [0, 0.05) is 63.8 Å². The summed E-state index contributed by atoms with van der Waals surface area (Å²) in [6.45, 7) is 7.27. The van der Waals surface area contributed by atoms with Crippen molar-refractivity contribution >= 4 is 40.6 Å². The minimum Gasteiger partial charge on any atom is -0.366 e. The SMILES string of the molecule is Cc1nnsc1C(=O)Nc1cc(C(=O)N2CCNCC2)ccc1N1CCN(C(=O)C2CC2)CC1. The molecule has 3 fully saturated rings. The van der Waals surface area contributed by atoms with Crippen LogP contribution in [0.5, 0.6) is 0 Å². The van der Waals surface area contributed by atoms with Crippen LogP contribution in [0.4, 0.5) is 11.4 Å². The van der Waals surface area contributed by atoms with Crippen molar-refractivity contribution in [1.82, 2.24) is 24.7 Å². The summed E-state index contributed by atoms with van der Waals surface area (Å²) >= 11 is 1.05. The molecule has 2 saturated heterocycles. The minimum atomic E-state index is -0.289. The molecule has 3 amide bonds. The van der Waals surface area contributed by atoms with Gasteiger partial charge in [0.25, 0.3) is 11.8 Å². The zero-order valence-electron chi connectivity index (χ0n) is 19.2. The van der Waals surface area contributed by atoms with Crippen molar-refractivity contribution in [3.8, 4) is 0 Å². The standard InChI is InChI=1S/C23H29N7O3S/c1-15-20(34-27-26-15)21(31)25-18-14-17(23(33)29-8-6-24-7-9-29)4-5-19(18)28-10-12-30(13-11-28)22(32)16-2-3-16/h4-5,14,16,24H,2-3,6-13H2,1H3,(H,25,31). The van der Waals surface area contributed by atoms with E-state index in [1.807, 2.05) is 21.9 Å². The highest BCUT2D eigenvalue weighted by Crippen LogP contribution is 2.33. The second kappa shape index (κ2) is 9.67. The molecular weight excluding hydrogens is 454 g/mol. The van der Waals surface area contributed by atoms with Crippen LogP contribution in [-0.4, -0.2) is 89.5 Å². The van der Waals surface area contributed by atoms with Gasteiger partial charge in [-0.1, -0.05) is 4.49 Å². The number of benzene rings is 1. The fourth-order valence-corrected chi connectivity index (χ4v) is 5.02. The average molecular weight is 484 g/mol. The highest BCUT2D eigenvalue weighted by molar-refractivity contribution is 7.08. The molecule has 2 aromatic rings. The second-order valence-electron chi connectivity index (χ2n) is 9.00.